The molecule has 23 heavy (non-hydrogen) atoms. The number of nitrogens with zero attached hydrogens (tertiary/aromatic N) is 1. The summed E-state index contributed by atoms with van der Waals surface area (Å²) in [6.07, 6.45) is 2.48. The van der Waals surface area contributed by atoms with Crippen molar-refractivity contribution in [2.75, 3.05) is 13.1 Å². The van der Waals surface area contributed by atoms with Crippen molar-refractivity contribution in [3.8, 4) is 0 Å². The molecular formula is C18H22N2O3. The topological polar surface area (TPSA) is 62.6 Å². The number of amides is 2. The van der Waals surface area contributed by atoms with Gasteiger partial charge in [0, 0.05) is 26.1 Å². The Morgan fingerprint density at radius 1 is 1.13 bits per heavy atom. The van der Waals surface area contributed by atoms with E-state index in [1.807, 2.05) is 42.2 Å². The highest BCUT2D eigenvalue weighted by atomic mass is 16.3. The van der Waals surface area contributed by atoms with Crippen LogP contribution in [-0.2, 0) is 11.3 Å². The molecule has 1 aromatic heterocycles. The molecule has 122 valence electrons. The zero-order valence-corrected chi connectivity index (χ0v) is 13.3. The Hall–Kier alpha value is -2.56. The molecule has 0 unspecified atom stereocenters. The fraction of sp³-hybridized carbons (Fsp3) is 0.333. The lowest BCUT2D eigenvalue weighted by Gasteiger charge is -2.21. The van der Waals surface area contributed by atoms with Crippen LogP contribution in [0.15, 0.2) is 53.1 Å². The van der Waals surface area contributed by atoms with Crippen molar-refractivity contribution in [2.45, 2.75) is 26.3 Å². The number of furan rings is 1. The van der Waals surface area contributed by atoms with Crippen LogP contribution in [0, 0.1) is 0 Å². The normalized spacial score (nSPS) is 10.3. The van der Waals surface area contributed by atoms with Gasteiger partial charge in [0.15, 0.2) is 5.76 Å². The van der Waals surface area contributed by atoms with Crippen LogP contribution in [0.25, 0.3) is 0 Å². The van der Waals surface area contributed by atoms with E-state index in [1.54, 1.807) is 12.1 Å². The van der Waals surface area contributed by atoms with Crippen molar-refractivity contribution < 1.29 is 14.0 Å². The van der Waals surface area contributed by atoms with E-state index in [9.17, 15) is 9.59 Å². The van der Waals surface area contributed by atoms with Crippen LogP contribution in [0.5, 0.6) is 0 Å². The monoisotopic (exact) mass is 314 g/mol. The standard InChI is InChI=1S/C18H22N2O3/c1-2-20(14-15-8-4-3-5-9-15)17(21)11-6-12-19-18(22)16-10-7-13-23-16/h3-5,7-10,13H,2,6,11-12,14H2,1H3,(H,19,22). The molecule has 0 radical (unpaired) electrons. The summed E-state index contributed by atoms with van der Waals surface area (Å²) in [4.78, 5) is 25.8. The molecule has 5 nitrogen and oxygen atoms in total. The van der Waals surface area contributed by atoms with Gasteiger partial charge in [0.25, 0.3) is 5.91 Å². The molecular weight excluding hydrogens is 292 g/mol. The third kappa shape index (κ3) is 5.29. The fourth-order valence-corrected chi connectivity index (χ4v) is 2.27. The average molecular weight is 314 g/mol. The quantitative estimate of drug-likeness (QED) is 0.762. The minimum atomic E-state index is -0.251. The molecule has 0 atom stereocenters. The molecule has 2 amide bonds. The second kappa shape index (κ2) is 8.78. The molecule has 2 aromatic rings. The van der Waals surface area contributed by atoms with Gasteiger partial charge in [-0.2, -0.15) is 0 Å². The Labute approximate surface area is 136 Å². The van der Waals surface area contributed by atoms with Crippen molar-refractivity contribution in [3.63, 3.8) is 0 Å². The van der Waals surface area contributed by atoms with Crippen LogP contribution in [0.4, 0.5) is 0 Å². The van der Waals surface area contributed by atoms with Gasteiger partial charge in [0.2, 0.25) is 5.91 Å². The first-order valence-electron chi connectivity index (χ1n) is 7.84. The van der Waals surface area contributed by atoms with Crippen LogP contribution in [0.3, 0.4) is 0 Å². The maximum atomic E-state index is 12.2. The van der Waals surface area contributed by atoms with Gasteiger partial charge < -0.3 is 14.6 Å². The van der Waals surface area contributed by atoms with Gasteiger partial charge in [-0.1, -0.05) is 30.3 Å². The SMILES string of the molecule is CCN(Cc1ccccc1)C(=O)CCCNC(=O)c1ccco1. The van der Waals surface area contributed by atoms with E-state index in [-0.39, 0.29) is 17.6 Å². The summed E-state index contributed by atoms with van der Waals surface area (Å²) in [5, 5.41) is 2.74. The van der Waals surface area contributed by atoms with Crippen LogP contribution >= 0.6 is 0 Å². The maximum Gasteiger partial charge on any atom is 0.286 e. The Kier molecular flexibility index (Phi) is 6.41. The molecule has 2 rings (SSSR count). The zero-order chi connectivity index (χ0) is 16.5. The lowest BCUT2D eigenvalue weighted by molar-refractivity contribution is -0.131. The molecule has 0 saturated carbocycles. The molecule has 5 heteroatoms. The fourth-order valence-electron chi connectivity index (χ4n) is 2.27. The van der Waals surface area contributed by atoms with Crippen molar-refractivity contribution in [1.29, 1.82) is 0 Å². The highest BCUT2D eigenvalue weighted by Gasteiger charge is 2.12. The van der Waals surface area contributed by atoms with Gasteiger partial charge in [0.1, 0.15) is 0 Å². The summed E-state index contributed by atoms with van der Waals surface area (Å²) in [5.41, 5.74) is 1.12. The largest absolute Gasteiger partial charge is 0.459 e. The highest BCUT2D eigenvalue weighted by molar-refractivity contribution is 5.91. The van der Waals surface area contributed by atoms with E-state index < -0.39 is 0 Å². The summed E-state index contributed by atoms with van der Waals surface area (Å²) < 4.78 is 5.01. The first kappa shape index (κ1) is 16.8. The number of benzene rings is 1. The summed E-state index contributed by atoms with van der Waals surface area (Å²) in [6.45, 7) is 3.72. The average Bonchev–Trinajstić information content (AvgIpc) is 3.11. The first-order chi connectivity index (χ1) is 11.2. The Morgan fingerprint density at radius 3 is 2.57 bits per heavy atom. The molecule has 0 aliphatic rings. The van der Waals surface area contributed by atoms with Gasteiger partial charge >= 0.3 is 0 Å². The third-order valence-corrected chi connectivity index (χ3v) is 3.55. The van der Waals surface area contributed by atoms with Crippen LogP contribution in [-0.4, -0.2) is 29.8 Å². The number of hydrogen-bond acceptors (Lipinski definition) is 3. The predicted octanol–water partition coefficient (Wildman–Crippen LogP) is 2.84. The van der Waals surface area contributed by atoms with E-state index in [0.29, 0.717) is 32.5 Å². The maximum absolute atomic E-state index is 12.2. The number of nitrogens with one attached hydrogen (secondary N) is 1. The number of hydrogen-bond donors (Lipinski definition) is 1. The van der Waals surface area contributed by atoms with Crippen molar-refractivity contribution in [3.05, 3.63) is 60.1 Å². The van der Waals surface area contributed by atoms with Crippen LogP contribution in [0.2, 0.25) is 0 Å². The van der Waals surface area contributed by atoms with Crippen molar-refractivity contribution >= 4 is 11.8 Å². The summed E-state index contributed by atoms with van der Waals surface area (Å²) in [5.74, 6) is 0.137. The van der Waals surface area contributed by atoms with Gasteiger partial charge in [-0.15, -0.1) is 0 Å². The number of rotatable bonds is 8. The molecule has 0 aliphatic carbocycles. The van der Waals surface area contributed by atoms with Gasteiger partial charge in [-0.05, 0) is 31.0 Å². The van der Waals surface area contributed by atoms with Crippen molar-refractivity contribution in [2.24, 2.45) is 0 Å². The lowest BCUT2D eigenvalue weighted by atomic mass is 10.2. The second-order valence-corrected chi connectivity index (χ2v) is 5.23. The van der Waals surface area contributed by atoms with E-state index in [0.717, 1.165) is 5.56 Å². The molecule has 0 saturated heterocycles. The van der Waals surface area contributed by atoms with Crippen LogP contribution in [0.1, 0.15) is 35.9 Å². The van der Waals surface area contributed by atoms with Gasteiger partial charge in [-0.3, -0.25) is 9.59 Å². The summed E-state index contributed by atoms with van der Waals surface area (Å²) >= 11 is 0. The third-order valence-electron chi connectivity index (χ3n) is 3.55. The highest BCUT2D eigenvalue weighted by Crippen LogP contribution is 2.07. The van der Waals surface area contributed by atoms with Crippen LogP contribution < -0.4 is 5.32 Å². The molecule has 1 heterocycles. The number of carbonyl (C=O) groups excluding carboxylic acids is 2. The first-order valence-corrected chi connectivity index (χ1v) is 7.84. The van der Waals surface area contributed by atoms with E-state index >= 15 is 0 Å². The molecule has 0 aliphatic heterocycles. The molecule has 1 N–H and O–H groups in total. The molecule has 0 fully saturated rings. The summed E-state index contributed by atoms with van der Waals surface area (Å²) in [7, 11) is 0. The van der Waals surface area contributed by atoms with Crippen molar-refractivity contribution in [1.82, 2.24) is 10.2 Å². The Balaban J connectivity index is 1.71. The smallest absolute Gasteiger partial charge is 0.286 e. The zero-order valence-electron chi connectivity index (χ0n) is 13.3. The molecule has 0 bridgehead atoms. The Bertz CT molecular complexity index is 608. The lowest BCUT2D eigenvalue weighted by Crippen LogP contribution is -2.31. The van der Waals surface area contributed by atoms with Gasteiger partial charge in [0.05, 0.1) is 6.26 Å². The molecule has 1 aromatic carbocycles. The van der Waals surface area contributed by atoms with E-state index in [1.165, 1.54) is 6.26 Å². The van der Waals surface area contributed by atoms with E-state index in [2.05, 4.69) is 5.32 Å². The van der Waals surface area contributed by atoms with Gasteiger partial charge in [-0.25, -0.2) is 0 Å². The second-order valence-electron chi connectivity index (χ2n) is 5.23. The summed E-state index contributed by atoms with van der Waals surface area (Å²) in [6, 6.07) is 13.2. The number of carbonyl (C=O) groups is 2. The Morgan fingerprint density at radius 2 is 1.91 bits per heavy atom. The predicted molar refractivity (Wildman–Crippen MR) is 87.8 cm³/mol. The molecule has 0 spiro atoms. The minimum absolute atomic E-state index is 0.101. The van der Waals surface area contributed by atoms with E-state index in [4.69, 9.17) is 4.42 Å². The minimum Gasteiger partial charge on any atom is -0.459 e.